The predicted molar refractivity (Wildman–Crippen MR) is 126 cm³/mol. The Balaban J connectivity index is 1.75. The van der Waals surface area contributed by atoms with Crippen LogP contribution in [0.25, 0.3) is 0 Å². The van der Waals surface area contributed by atoms with Crippen molar-refractivity contribution in [3.63, 3.8) is 0 Å². The molecule has 3 aromatic carbocycles. The molecule has 0 N–H and O–H groups in total. The van der Waals surface area contributed by atoms with Gasteiger partial charge in [-0.25, -0.2) is 0 Å². The number of hydrogen-bond acceptors (Lipinski definition) is 7. The van der Waals surface area contributed by atoms with Crippen LogP contribution >= 0.6 is 0 Å². The van der Waals surface area contributed by atoms with E-state index in [0.717, 1.165) is 42.8 Å². The molecule has 0 heterocycles. The Hall–Kier alpha value is -4.56. The van der Waals surface area contributed by atoms with Crippen molar-refractivity contribution in [1.29, 1.82) is 10.5 Å². The topological polar surface area (TPSA) is 119 Å². The number of nitrogens with zero attached hydrogens (tertiary/aromatic N) is 6. The van der Waals surface area contributed by atoms with Crippen LogP contribution in [0.3, 0.4) is 0 Å². The van der Waals surface area contributed by atoms with Crippen molar-refractivity contribution in [2.24, 2.45) is 10.2 Å². The lowest BCUT2D eigenvalue weighted by Crippen LogP contribution is -2.19. The van der Waals surface area contributed by atoms with Gasteiger partial charge in [-0.15, -0.1) is 5.11 Å². The zero-order valence-corrected chi connectivity index (χ0v) is 18.4. The molecule has 0 aliphatic rings. The smallest absolute Gasteiger partial charge is 0.272 e. The summed E-state index contributed by atoms with van der Waals surface area (Å²) in [6, 6.07) is 22.0. The van der Waals surface area contributed by atoms with Gasteiger partial charge < -0.3 is 4.90 Å². The van der Waals surface area contributed by atoms with Crippen molar-refractivity contribution in [2.45, 2.75) is 19.8 Å². The molecule has 3 rings (SSSR count). The molecule has 8 nitrogen and oxygen atoms in total. The molecule has 0 saturated heterocycles. The molecule has 0 spiro atoms. The van der Waals surface area contributed by atoms with E-state index in [2.05, 4.69) is 27.3 Å². The Morgan fingerprint density at radius 2 is 1.67 bits per heavy atom. The summed E-state index contributed by atoms with van der Waals surface area (Å²) in [5.74, 6) is 0. The molecule has 0 unspecified atom stereocenters. The van der Waals surface area contributed by atoms with Crippen molar-refractivity contribution < 1.29 is 4.92 Å². The van der Waals surface area contributed by atoms with Crippen LogP contribution in [-0.4, -0.2) is 18.5 Å². The molecule has 0 amide bonds. The van der Waals surface area contributed by atoms with E-state index in [1.165, 1.54) is 5.56 Å². The maximum absolute atomic E-state index is 11.0. The maximum atomic E-state index is 11.0. The van der Waals surface area contributed by atoms with Gasteiger partial charge in [-0.2, -0.15) is 15.6 Å². The van der Waals surface area contributed by atoms with Crippen LogP contribution in [-0.2, 0) is 6.42 Å². The number of non-ortho nitro benzene ring substituents is 1. The summed E-state index contributed by atoms with van der Waals surface area (Å²) in [4.78, 5) is 12.6. The van der Waals surface area contributed by atoms with Gasteiger partial charge in [0.25, 0.3) is 5.69 Å². The van der Waals surface area contributed by atoms with Crippen molar-refractivity contribution in [3.8, 4) is 12.1 Å². The van der Waals surface area contributed by atoms with Gasteiger partial charge in [0.2, 0.25) is 0 Å². The fourth-order valence-electron chi connectivity index (χ4n) is 3.39. The van der Waals surface area contributed by atoms with Crippen molar-refractivity contribution in [3.05, 3.63) is 93.0 Å². The van der Waals surface area contributed by atoms with Gasteiger partial charge in [-0.1, -0.05) is 30.3 Å². The van der Waals surface area contributed by atoms with Gasteiger partial charge >= 0.3 is 0 Å². The molecule has 8 heteroatoms. The van der Waals surface area contributed by atoms with Crippen molar-refractivity contribution in [1.82, 2.24) is 0 Å². The molecule has 0 saturated carbocycles. The van der Waals surface area contributed by atoms with Gasteiger partial charge in [0.05, 0.1) is 21.7 Å². The average Bonchev–Trinajstić information content (AvgIpc) is 2.83. The first-order valence-corrected chi connectivity index (χ1v) is 10.3. The minimum Gasteiger partial charge on any atom is -0.375 e. The van der Waals surface area contributed by atoms with E-state index >= 15 is 0 Å². The van der Waals surface area contributed by atoms with Crippen LogP contribution in [0.5, 0.6) is 0 Å². The lowest BCUT2D eigenvalue weighted by molar-refractivity contribution is -0.384. The number of nitriles is 2. The van der Waals surface area contributed by atoms with Gasteiger partial charge in [0, 0.05) is 31.4 Å². The first-order chi connectivity index (χ1) is 15.9. The highest BCUT2D eigenvalue weighted by atomic mass is 16.6. The van der Waals surface area contributed by atoms with Crippen LogP contribution in [0.1, 0.15) is 28.7 Å². The zero-order chi connectivity index (χ0) is 23.8. The number of azo groups is 1. The van der Waals surface area contributed by atoms with E-state index < -0.39 is 4.92 Å². The third-order valence-corrected chi connectivity index (χ3v) is 5.23. The Labute approximate surface area is 192 Å². The molecule has 33 heavy (non-hydrogen) atoms. The summed E-state index contributed by atoms with van der Waals surface area (Å²) < 4.78 is 0. The monoisotopic (exact) mass is 438 g/mol. The molecule has 0 radical (unpaired) electrons. The SMILES string of the molecule is Cc1cc(N(C)CCCc2ccccc2)ccc1N=Nc1c(C#N)cc([N+](=O)[O-])cc1C#N. The van der Waals surface area contributed by atoms with Crippen LogP contribution in [0.15, 0.2) is 70.9 Å². The Morgan fingerprint density at radius 1 is 1.00 bits per heavy atom. The van der Waals surface area contributed by atoms with Gasteiger partial charge in [-0.3, -0.25) is 10.1 Å². The number of benzene rings is 3. The maximum Gasteiger partial charge on any atom is 0.272 e. The summed E-state index contributed by atoms with van der Waals surface area (Å²) in [6.07, 6.45) is 2.03. The molecule has 0 fully saturated rings. The van der Waals surface area contributed by atoms with Crippen LogP contribution in [0.2, 0.25) is 0 Å². The number of nitro groups is 1. The summed E-state index contributed by atoms with van der Waals surface area (Å²) in [5.41, 5.74) is 3.37. The second-order valence-electron chi connectivity index (χ2n) is 7.55. The highest BCUT2D eigenvalue weighted by molar-refractivity contribution is 5.67. The highest BCUT2D eigenvalue weighted by Crippen LogP contribution is 2.32. The van der Waals surface area contributed by atoms with Gasteiger partial charge in [-0.05, 0) is 49.1 Å². The Bertz CT molecular complexity index is 1240. The molecule has 0 aromatic heterocycles. The minimum atomic E-state index is -0.651. The van der Waals surface area contributed by atoms with Crippen molar-refractivity contribution >= 4 is 22.7 Å². The first-order valence-electron chi connectivity index (χ1n) is 10.3. The fraction of sp³-hybridized carbons (Fsp3) is 0.200. The number of anilines is 1. The van der Waals surface area contributed by atoms with Gasteiger partial charge in [0.15, 0.2) is 0 Å². The van der Waals surface area contributed by atoms with Crippen LogP contribution in [0.4, 0.5) is 22.7 Å². The molecule has 0 aliphatic carbocycles. The van der Waals surface area contributed by atoms with Gasteiger partial charge in [0.1, 0.15) is 17.8 Å². The van der Waals surface area contributed by atoms with E-state index in [1.54, 1.807) is 0 Å². The number of hydrogen-bond donors (Lipinski definition) is 0. The van der Waals surface area contributed by atoms with E-state index in [-0.39, 0.29) is 22.5 Å². The predicted octanol–water partition coefficient (Wildman–Crippen LogP) is 6.13. The molecule has 0 aliphatic heterocycles. The second kappa shape index (κ2) is 10.7. The number of nitro benzene ring substituents is 1. The van der Waals surface area contributed by atoms with E-state index in [0.29, 0.717) is 5.69 Å². The standard InChI is InChI=1S/C25H22N6O2/c1-18-13-22(30(2)12-6-9-19-7-4-3-5-8-19)10-11-24(18)28-29-25-20(16-26)14-23(31(32)33)15-21(25)17-27/h3-5,7-8,10-11,13-15H,6,9,12H2,1-2H3. The number of aryl methyl sites for hydroxylation is 2. The highest BCUT2D eigenvalue weighted by Gasteiger charge is 2.17. The third-order valence-electron chi connectivity index (χ3n) is 5.23. The average molecular weight is 438 g/mol. The lowest BCUT2D eigenvalue weighted by Gasteiger charge is -2.20. The largest absolute Gasteiger partial charge is 0.375 e. The fourth-order valence-corrected chi connectivity index (χ4v) is 3.39. The summed E-state index contributed by atoms with van der Waals surface area (Å²) in [7, 11) is 2.04. The van der Waals surface area contributed by atoms with Crippen molar-refractivity contribution in [2.75, 3.05) is 18.5 Å². The van der Waals surface area contributed by atoms with E-state index in [4.69, 9.17) is 0 Å². The Morgan fingerprint density at radius 3 is 2.24 bits per heavy atom. The lowest BCUT2D eigenvalue weighted by atomic mass is 10.1. The zero-order valence-electron chi connectivity index (χ0n) is 18.4. The molecular formula is C25H22N6O2. The second-order valence-corrected chi connectivity index (χ2v) is 7.55. The minimum absolute atomic E-state index is 0.0205. The summed E-state index contributed by atoms with van der Waals surface area (Å²) in [6.45, 7) is 2.80. The quantitative estimate of drug-likeness (QED) is 0.238. The molecule has 3 aromatic rings. The van der Waals surface area contributed by atoms with E-state index in [1.807, 2.05) is 62.5 Å². The summed E-state index contributed by atoms with van der Waals surface area (Å²) >= 11 is 0. The summed E-state index contributed by atoms with van der Waals surface area (Å²) in [5, 5.41) is 38.0. The first kappa shape index (κ1) is 23.1. The molecule has 0 bridgehead atoms. The van der Waals surface area contributed by atoms with E-state index in [9.17, 15) is 20.6 Å². The van der Waals surface area contributed by atoms with Crippen LogP contribution < -0.4 is 4.90 Å². The Kier molecular flexibility index (Phi) is 7.46. The normalized spacial score (nSPS) is 10.5. The number of rotatable bonds is 8. The molecular weight excluding hydrogens is 416 g/mol. The third kappa shape index (κ3) is 5.78. The van der Waals surface area contributed by atoms with Crippen LogP contribution in [0, 0.1) is 39.7 Å². The molecule has 0 atom stereocenters. The molecule has 164 valence electrons.